The standard InChI is InChI=1S/C81H102ClF3N10O11S4/c1-55(57-19-21-59(22-20-57)74-56(2)86-54-108-74)87-77(100)70-47-65(96)51-95(70)78(101)75(79(3,4)5)89-72(97)17-13-8-6-7-9-14-18-73(98)94-38-36-80(53-94)35-33-68(58-23-27-62(82)28-24-58)61(49-80)50-92-39-41-93(42-40-92)64-29-25-60(26-30-64)76(99)90-110(104,105)67-31-32-69(71(48-67)109(102,103)81(83,84)85)88-63(34-37-91-43-45-106-46-44-91)52-107-66-15-11-10-12-16-66/h10-12,15-16,19-32,48,54-55,63,65,70,75,88,96H,6-9,13-14,17-18,33-47,49-53H2,1-5H3,(H,87,100)(H,89,97)(H,90,99)/t55-,63+,65+,70-,75+,80?/m0/s1. The number of rotatable bonds is 31. The number of aromatic nitrogens is 1. The van der Waals surface area contributed by atoms with Crippen LogP contribution >= 0.6 is 34.7 Å². The van der Waals surface area contributed by atoms with Crippen molar-refractivity contribution in [1.29, 1.82) is 0 Å². The molecule has 1 aromatic heterocycles. The van der Waals surface area contributed by atoms with E-state index < -0.39 is 82.3 Å². The van der Waals surface area contributed by atoms with Crippen molar-refractivity contribution in [3.63, 3.8) is 0 Å². The largest absolute Gasteiger partial charge is 0.501 e. The number of hydrogen-bond acceptors (Lipinski definition) is 18. The van der Waals surface area contributed by atoms with Crippen LogP contribution in [0.4, 0.5) is 24.5 Å². The first-order valence-corrected chi connectivity index (χ1v) is 43.3. The van der Waals surface area contributed by atoms with Crippen LogP contribution < -0.4 is 25.6 Å². The highest BCUT2D eigenvalue weighted by atomic mass is 35.5. The Labute approximate surface area is 657 Å². The molecule has 5 N–H and O–H groups in total. The summed E-state index contributed by atoms with van der Waals surface area (Å²) in [5, 5.41) is 20.5. The summed E-state index contributed by atoms with van der Waals surface area (Å²) in [6.45, 7) is 17.2. The van der Waals surface area contributed by atoms with Gasteiger partial charge in [-0.2, -0.15) is 13.2 Å². The molecule has 0 saturated carbocycles. The van der Waals surface area contributed by atoms with E-state index in [1.165, 1.54) is 39.9 Å². The number of amides is 5. The Bertz CT molecular complexity index is 4440. The highest BCUT2D eigenvalue weighted by molar-refractivity contribution is 7.99. The topological polar surface area (TPSA) is 260 Å². The monoisotopic (exact) mass is 1610 g/mol. The van der Waals surface area contributed by atoms with E-state index in [9.17, 15) is 59.1 Å². The van der Waals surface area contributed by atoms with Crippen LogP contribution in [0.15, 0.2) is 147 Å². The molecule has 1 aliphatic carbocycles. The van der Waals surface area contributed by atoms with Crippen molar-refractivity contribution >= 4 is 101 Å². The van der Waals surface area contributed by atoms with Crippen LogP contribution in [0.3, 0.4) is 0 Å². The Kier molecular flexibility index (Phi) is 28.1. The summed E-state index contributed by atoms with van der Waals surface area (Å²) in [6.07, 6.45) is 8.82. The van der Waals surface area contributed by atoms with E-state index in [2.05, 4.69) is 52.7 Å². The molecule has 5 heterocycles. The third kappa shape index (κ3) is 21.7. The number of aliphatic hydroxyl groups excluding tert-OH is 1. The summed E-state index contributed by atoms with van der Waals surface area (Å²) >= 11 is 9.39. The molecule has 594 valence electrons. The van der Waals surface area contributed by atoms with Crippen LogP contribution in [0.5, 0.6) is 0 Å². The van der Waals surface area contributed by atoms with Crippen molar-refractivity contribution in [3.05, 3.63) is 160 Å². The maximum Gasteiger partial charge on any atom is 0.501 e. The summed E-state index contributed by atoms with van der Waals surface area (Å²) in [6, 6.07) is 31.3. The molecule has 4 aliphatic heterocycles. The van der Waals surface area contributed by atoms with Gasteiger partial charge < -0.3 is 40.5 Å². The van der Waals surface area contributed by atoms with E-state index in [0.29, 0.717) is 95.1 Å². The van der Waals surface area contributed by atoms with Gasteiger partial charge in [-0.15, -0.1) is 23.1 Å². The van der Waals surface area contributed by atoms with Gasteiger partial charge in [-0.25, -0.2) is 26.5 Å². The normalized spacial score (nSPS) is 19.9. The number of sulfonamides is 1. The number of piperazine rings is 1. The minimum absolute atomic E-state index is 0.0138. The van der Waals surface area contributed by atoms with Gasteiger partial charge in [0.25, 0.3) is 25.8 Å². The van der Waals surface area contributed by atoms with Gasteiger partial charge in [-0.3, -0.25) is 33.8 Å². The lowest BCUT2D eigenvalue weighted by molar-refractivity contribution is -0.144. The average molecular weight is 1610 g/mol. The molecule has 5 amide bonds. The lowest BCUT2D eigenvalue weighted by Gasteiger charge is -2.40. The molecule has 5 aromatic carbocycles. The first-order chi connectivity index (χ1) is 52.4. The third-order valence-electron chi connectivity index (χ3n) is 21.8. The Hall–Kier alpha value is -7.41. The molecule has 0 bridgehead atoms. The Balaban J connectivity index is 0.622. The number of thiazole rings is 1. The molecule has 29 heteroatoms. The minimum atomic E-state index is -6.11. The molecule has 110 heavy (non-hydrogen) atoms. The summed E-state index contributed by atoms with van der Waals surface area (Å²) in [5.74, 6) is -1.57. The van der Waals surface area contributed by atoms with Crippen LogP contribution in [0.2, 0.25) is 5.02 Å². The highest BCUT2D eigenvalue weighted by Gasteiger charge is 2.50. The number of carbonyl (C=O) groups is 5. The van der Waals surface area contributed by atoms with Gasteiger partial charge >= 0.3 is 5.51 Å². The zero-order chi connectivity index (χ0) is 78.5. The van der Waals surface area contributed by atoms with E-state index in [4.69, 9.17) is 16.3 Å². The smallest absolute Gasteiger partial charge is 0.391 e. The van der Waals surface area contributed by atoms with Crippen molar-refractivity contribution in [2.75, 3.05) is 101 Å². The number of nitrogens with zero attached hydrogens (tertiary/aromatic N) is 6. The number of aliphatic hydroxyl groups is 1. The lowest BCUT2D eigenvalue weighted by Crippen LogP contribution is -2.57. The molecule has 6 atom stereocenters. The second-order valence-electron chi connectivity index (χ2n) is 30.9. The fourth-order valence-electron chi connectivity index (χ4n) is 15.5. The summed E-state index contributed by atoms with van der Waals surface area (Å²) in [5.41, 5.74) is 2.29. The first-order valence-electron chi connectivity index (χ1n) is 38.1. The quantitative estimate of drug-likeness (QED) is 0.0200. The number of β-amino-alcohol motifs (C(OH)–C–C–N with tert-alkyl or cyclic N) is 1. The molecule has 6 aromatic rings. The number of anilines is 2. The number of aryl methyl sites for hydroxylation is 1. The maximum absolute atomic E-state index is 14.4. The molecule has 5 aliphatic rings. The Morgan fingerprint density at radius 3 is 2.12 bits per heavy atom. The average Bonchev–Trinajstić information content (AvgIpc) is 1.22. The van der Waals surface area contributed by atoms with Crippen LogP contribution in [-0.2, 0) is 43.8 Å². The van der Waals surface area contributed by atoms with Gasteiger partial charge in [0.2, 0.25) is 23.6 Å². The van der Waals surface area contributed by atoms with Gasteiger partial charge in [0, 0.05) is 124 Å². The zero-order valence-electron chi connectivity index (χ0n) is 63.2. The fourth-order valence-corrected chi connectivity index (χ4v) is 19.4. The number of likely N-dealkylation sites (tertiary alicyclic amines) is 2. The number of ether oxygens (including phenoxy) is 1. The van der Waals surface area contributed by atoms with Crippen molar-refractivity contribution < 1.29 is 63.8 Å². The number of carbonyl (C=O) groups excluding carboxylic acids is 5. The summed E-state index contributed by atoms with van der Waals surface area (Å²) < 4.78 is 105. The van der Waals surface area contributed by atoms with Crippen LogP contribution in [-0.4, -0.2) is 197 Å². The lowest BCUT2D eigenvalue weighted by atomic mass is 9.69. The van der Waals surface area contributed by atoms with Gasteiger partial charge in [0.15, 0.2) is 0 Å². The van der Waals surface area contributed by atoms with Gasteiger partial charge in [0.05, 0.1) is 52.0 Å². The van der Waals surface area contributed by atoms with E-state index in [0.717, 1.165) is 127 Å². The van der Waals surface area contributed by atoms with Gasteiger partial charge in [0.1, 0.15) is 17.0 Å². The summed E-state index contributed by atoms with van der Waals surface area (Å²) in [7, 11) is -11.0. The fraction of sp³-hybridized carbons (Fsp3) is 0.506. The number of hydrogen-bond donors (Lipinski definition) is 5. The first kappa shape index (κ1) is 83.5. The number of unbranched alkanes of at least 4 members (excludes halogenated alkanes) is 5. The molecular formula is C81H102ClF3N10O11S4. The minimum Gasteiger partial charge on any atom is -0.391 e. The van der Waals surface area contributed by atoms with Crippen molar-refractivity contribution in [3.8, 4) is 10.4 Å². The number of benzene rings is 5. The highest BCUT2D eigenvalue weighted by Crippen LogP contribution is 2.49. The Morgan fingerprint density at radius 2 is 1.45 bits per heavy atom. The number of alkyl halides is 3. The zero-order valence-corrected chi connectivity index (χ0v) is 67.2. The van der Waals surface area contributed by atoms with Crippen molar-refractivity contribution in [2.45, 2.75) is 175 Å². The van der Waals surface area contributed by atoms with E-state index >= 15 is 0 Å². The molecule has 4 fully saturated rings. The second kappa shape index (κ2) is 37.0. The molecular weight excluding hydrogens is 1510 g/mol. The molecule has 21 nitrogen and oxygen atoms in total. The van der Waals surface area contributed by atoms with E-state index in [1.54, 1.807) is 23.5 Å². The Morgan fingerprint density at radius 1 is 0.782 bits per heavy atom. The SMILES string of the molecule is Cc1ncsc1-c1ccc([C@H](C)NC(=O)[C@@H]2C[C@@H](O)CN2C(=O)[C@@H](NC(=O)CCCCCCCCC(=O)N2CCC3(CCC(c4ccc(Cl)cc4)=C(CN4CCN(c5ccc(C(=O)NS(=O)(=O)c6ccc(N[C@H](CCN7CCOCC7)CSc7ccccc7)c(S(=O)(=O)C(F)(F)F)c6)cc5)CC4)C3)C2)C(C)(C)C)cc1. The van der Waals surface area contributed by atoms with E-state index in [-0.39, 0.29) is 54.1 Å². The van der Waals surface area contributed by atoms with E-state index in [1.807, 2.05) is 112 Å². The van der Waals surface area contributed by atoms with Crippen LogP contribution in [0.1, 0.15) is 151 Å². The van der Waals surface area contributed by atoms with Crippen molar-refractivity contribution in [1.82, 2.24) is 39.9 Å². The second-order valence-corrected chi connectivity index (χ2v) is 36.9. The third-order valence-corrected chi connectivity index (χ3v) is 27.1. The summed E-state index contributed by atoms with van der Waals surface area (Å²) in [4.78, 5) is 83.6. The van der Waals surface area contributed by atoms with Gasteiger partial charge in [-0.1, -0.05) is 118 Å². The molecule has 4 saturated heterocycles. The predicted octanol–water partition coefficient (Wildman–Crippen LogP) is 12.9. The number of morpholine rings is 1. The van der Waals surface area contributed by atoms with Crippen LogP contribution in [0.25, 0.3) is 16.0 Å². The molecule has 11 rings (SSSR count). The number of sulfone groups is 1. The predicted molar refractivity (Wildman–Crippen MR) is 425 cm³/mol. The van der Waals surface area contributed by atoms with Crippen molar-refractivity contribution in [2.24, 2.45) is 10.8 Å². The number of halogens is 4. The number of thioether (sulfide) groups is 1. The number of allylic oxidation sites excluding steroid dienone is 1. The maximum atomic E-state index is 14.4. The molecule has 0 radical (unpaired) electrons. The molecule has 1 unspecified atom stereocenters. The van der Waals surface area contributed by atoms with Crippen LogP contribution in [0, 0.1) is 17.8 Å². The molecule has 1 spiro atoms. The number of nitrogens with one attached hydrogen (secondary N) is 4. The van der Waals surface area contributed by atoms with Gasteiger partial charge in [-0.05, 0) is 159 Å².